The number of ether oxygens (including phenoxy) is 2. The second kappa shape index (κ2) is 5.69. The van der Waals surface area contributed by atoms with Crippen LogP contribution < -0.4 is 14.8 Å². The molecule has 0 spiro atoms. The lowest BCUT2D eigenvalue weighted by atomic mass is 10.2. The van der Waals surface area contributed by atoms with E-state index in [2.05, 4.69) is 5.32 Å². The number of hydrogen-bond donors (Lipinski definition) is 1. The Kier molecular flexibility index (Phi) is 3.58. The third-order valence-corrected chi connectivity index (χ3v) is 3.14. The van der Waals surface area contributed by atoms with Crippen molar-refractivity contribution in [2.45, 2.75) is 12.6 Å². The van der Waals surface area contributed by atoms with Crippen molar-refractivity contribution >= 4 is 5.91 Å². The van der Waals surface area contributed by atoms with Gasteiger partial charge in [-0.25, -0.2) is 0 Å². The van der Waals surface area contributed by atoms with Crippen LogP contribution in [0.15, 0.2) is 48.8 Å². The van der Waals surface area contributed by atoms with Crippen molar-refractivity contribution in [3.8, 4) is 11.5 Å². The van der Waals surface area contributed by atoms with Crippen molar-refractivity contribution in [1.82, 2.24) is 9.88 Å². The molecule has 1 atom stereocenters. The van der Waals surface area contributed by atoms with Crippen molar-refractivity contribution in [3.63, 3.8) is 0 Å². The average Bonchev–Trinajstić information content (AvgIpc) is 3.00. The van der Waals surface area contributed by atoms with E-state index < -0.39 is 6.10 Å². The first-order chi connectivity index (χ1) is 9.83. The predicted octanol–water partition coefficient (Wildman–Crippen LogP) is 1.44. The molecule has 1 amide bonds. The molecule has 5 nitrogen and oxygen atoms in total. The Bertz CT molecular complexity index is 581. The molecular formula is C15H16N2O3. The summed E-state index contributed by atoms with van der Waals surface area (Å²) in [5, 5.41) is 2.86. The second-order valence-corrected chi connectivity index (χ2v) is 4.58. The number of benzene rings is 1. The Morgan fingerprint density at radius 3 is 2.75 bits per heavy atom. The molecule has 1 aliphatic rings. The summed E-state index contributed by atoms with van der Waals surface area (Å²) in [4.78, 5) is 12.0. The van der Waals surface area contributed by atoms with Gasteiger partial charge >= 0.3 is 0 Å². The molecule has 20 heavy (non-hydrogen) atoms. The molecule has 0 saturated heterocycles. The van der Waals surface area contributed by atoms with Gasteiger partial charge in [0.05, 0.1) is 0 Å². The van der Waals surface area contributed by atoms with Crippen molar-refractivity contribution in [3.05, 3.63) is 48.8 Å². The average molecular weight is 272 g/mol. The molecule has 0 bridgehead atoms. The van der Waals surface area contributed by atoms with Crippen LogP contribution in [0.1, 0.15) is 0 Å². The molecule has 1 aromatic heterocycles. The smallest absolute Gasteiger partial charge is 0.264 e. The lowest BCUT2D eigenvalue weighted by molar-refractivity contribution is -0.130. The summed E-state index contributed by atoms with van der Waals surface area (Å²) in [6.45, 7) is 1.55. The molecule has 104 valence electrons. The van der Waals surface area contributed by atoms with Gasteiger partial charge < -0.3 is 19.4 Å². The van der Waals surface area contributed by atoms with Crippen molar-refractivity contribution in [2.75, 3.05) is 13.2 Å². The molecule has 0 radical (unpaired) electrons. The van der Waals surface area contributed by atoms with Crippen LogP contribution in [-0.2, 0) is 11.3 Å². The van der Waals surface area contributed by atoms with Gasteiger partial charge in [0.2, 0.25) is 6.10 Å². The van der Waals surface area contributed by atoms with E-state index in [0.29, 0.717) is 18.0 Å². The maximum atomic E-state index is 12.0. The number of aromatic nitrogens is 1. The number of carbonyl (C=O) groups is 1. The fraction of sp³-hybridized carbons (Fsp3) is 0.267. The minimum atomic E-state index is -0.588. The third-order valence-electron chi connectivity index (χ3n) is 3.14. The molecule has 5 heteroatoms. The molecule has 1 N–H and O–H groups in total. The molecule has 2 aromatic rings. The largest absolute Gasteiger partial charge is 0.485 e. The summed E-state index contributed by atoms with van der Waals surface area (Å²) < 4.78 is 13.2. The molecule has 1 aliphatic heterocycles. The highest BCUT2D eigenvalue weighted by molar-refractivity contribution is 5.81. The van der Waals surface area contributed by atoms with Gasteiger partial charge in [-0.1, -0.05) is 12.1 Å². The van der Waals surface area contributed by atoms with Crippen LogP contribution in [0.25, 0.3) is 0 Å². The fourth-order valence-corrected chi connectivity index (χ4v) is 2.09. The Morgan fingerprint density at radius 2 is 1.95 bits per heavy atom. The fourth-order valence-electron chi connectivity index (χ4n) is 2.09. The number of amides is 1. The van der Waals surface area contributed by atoms with Crippen molar-refractivity contribution in [1.29, 1.82) is 0 Å². The zero-order valence-corrected chi connectivity index (χ0v) is 11.0. The normalized spacial score (nSPS) is 16.7. The Morgan fingerprint density at radius 1 is 1.20 bits per heavy atom. The summed E-state index contributed by atoms with van der Waals surface area (Å²) in [5.41, 5.74) is 0. The second-order valence-electron chi connectivity index (χ2n) is 4.58. The van der Waals surface area contributed by atoms with E-state index in [1.807, 2.05) is 47.3 Å². The van der Waals surface area contributed by atoms with E-state index in [-0.39, 0.29) is 12.5 Å². The first kappa shape index (κ1) is 12.6. The molecule has 0 fully saturated rings. The Hall–Kier alpha value is -2.43. The minimum absolute atomic E-state index is 0.147. The first-order valence-corrected chi connectivity index (χ1v) is 6.60. The van der Waals surface area contributed by atoms with Gasteiger partial charge in [0, 0.05) is 25.5 Å². The van der Waals surface area contributed by atoms with Gasteiger partial charge in [-0.15, -0.1) is 0 Å². The number of fused-ring (bicyclic) bond motifs is 1. The topological polar surface area (TPSA) is 52.5 Å². The summed E-state index contributed by atoms with van der Waals surface area (Å²) in [6.07, 6.45) is 3.33. The molecule has 1 unspecified atom stereocenters. The summed E-state index contributed by atoms with van der Waals surface area (Å²) in [6, 6.07) is 11.3. The highest BCUT2D eigenvalue weighted by atomic mass is 16.6. The number of hydrogen-bond acceptors (Lipinski definition) is 3. The molecule has 2 heterocycles. The van der Waals surface area contributed by atoms with Crippen LogP contribution in [0, 0.1) is 0 Å². The molecule has 0 aliphatic carbocycles. The van der Waals surface area contributed by atoms with E-state index >= 15 is 0 Å². The van der Waals surface area contributed by atoms with Gasteiger partial charge in [-0.05, 0) is 24.3 Å². The number of nitrogens with zero attached hydrogens (tertiary/aromatic N) is 1. The van der Waals surface area contributed by atoms with Crippen LogP contribution in [0.4, 0.5) is 0 Å². The summed E-state index contributed by atoms with van der Waals surface area (Å²) in [5.74, 6) is 1.15. The maximum absolute atomic E-state index is 12.0. The number of rotatable bonds is 4. The van der Waals surface area contributed by atoms with Crippen LogP contribution in [-0.4, -0.2) is 29.7 Å². The number of para-hydroxylation sites is 2. The van der Waals surface area contributed by atoms with Gasteiger partial charge in [-0.3, -0.25) is 4.79 Å². The molecule has 3 rings (SSSR count). The lowest BCUT2D eigenvalue weighted by Crippen LogP contribution is -2.44. The molecule has 0 saturated carbocycles. The highest BCUT2D eigenvalue weighted by Gasteiger charge is 2.26. The van der Waals surface area contributed by atoms with E-state index in [4.69, 9.17) is 9.47 Å². The number of carbonyl (C=O) groups excluding carboxylic acids is 1. The van der Waals surface area contributed by atoms with Gasteiger partial charge in [-0.2, -0.15) is 0 Å². The SMILES string of the molecule is O=C(NCCn1cccc1)C1COc2ccccc2O1. The van der Waals surface area contributed by atoms with Gasteiger partial charge in [0.1, 0.15) is 6.61 Å². The summed E-state index contributed by atoms with van der Waals surface area (Å²) >= 11 is 0. The van der Waals surface area contributed by atoms with E-state index in [9.17, 15) is 4.79 Å². The Labute approximate surface area is 117 Å². The van der Waals surface area contributed by atoms with Crippen molar-refractivity contribution in [2.24, 2.45) is 0 Å². The van der Waals surface area contributed by atoms with Crippen LogP contribution in [0.5, 0.6) is 11.5 Å². The first-order valence-electron chi connectivity index (χ1n) is 6.60. The monoisotopic (exact) mass is 272 g/mol. The van der Waals surface area contributed by atoms with Crippen LogP contribution >= 0.6 is 0 Å². The highest BCUT2D eigenvalue weighted by Crippen LogP contribution is 2.30. The lowest BCUT2D eigenvalue weighted by Gasteiger charge is -2.25. The van der Waals surface area contributed by atoms with Gasteiger partial charge in [0.15, 0.2) is 11.5 Å². The van der Waals surface area contributed by atoms with E-state index in [1.54, 1.807) is 6.07 Å². The van der Waals surface area contributed by atoms with E-state index in [1.165, 1.54) is 0 Å². The zero-order valence-electron chi connectivity index (χ0n) is 11.0. The quantitative estimate of drug-likeness (QED) is 0.916. The van der Waals surface area contributed by atoms with E-state index in [0.717, 1.165) is 6.54 Å². The number of nitrogens with one attached hydrogen (secondary N) is 1. The zero-order chi connectivity index (χ0) is 13.8. The van der Waals surface area contributed by atoms with Gasteiger partial charge in [0.25, 0.3) is 5.91 Å². The summed E-state index contributed by atoms with van der Waals surface area (Å²) in [7, 11) is 0. The minimum Gasteiger partial charge on any atom is -0.485 e. The standard InChI is InChI=1S/C15H16N2O3/c18-15(16-7-10-17-8-3-4-9-17)14-11-19-12-5-1-2-6-13(12)20-14/h1-6,8-9,14H,7,10-11H2,(H,16,18). The molecular weight excluding hydrogens is 256 g/mol. The van der Waals surface area contributed by atoms with Crippen molar-refractivity contribution < 1.29 is 14.3 Å². The molecule has 1 aromatic carbocycles. The predicted molar refractivity (Wildman–Crippen MR) is 73.8 cm³/mol. The Balaban J connectivity index is 1.51. The van der Waals surface area contributed by atoms with Crippen LogP contribution in [0.3, 0.4) is 0 Å². The maximum Gasteiger partial charge on any atom is 0.264 e. The van der Waals surface area contributed by atoms with Crippen LogP contribution in [0.2, 0.25) is 0 Å². The third kappa shape index (κ3) is 2.77.